The van der Waals surface area contributed by atoms with Gasteiger partial charge in [0.1, 0.15) is 0 Å². The molecule has 0 amide bonds. The number of nitrogens with zero attached hydrogens (tertiary/aromatic N) is 3. The van der Waals surface area contributed by atoms with Crippen molar-refractivity contribution < 1.29 is 0 Å². The Morgan fingerprint density at radius 1 is 1.43 bits per heavy atom. The van der Waals surface area contributed by atoms with Crippen LogP contribution in [0, 0.1) is 18.3 Å². The molecule has 1 N–H and O–H groups in total. The number of nitriles is 1. The number of rotatable bonds is 4. The molecule has 106 valence electrons. The number of aromatic nitrogens is 2. The number of anilines is 1. The molecule has 3 rings (SSSR count). The van der Waals surface area contributed by atoms with Crippen LogP contribution >= 0.6 is 0 Å². The van der Waals surface area contributed by atoms with Gasteiger partial charge in [-0.05, 0) is 43.0 Å². The van der Waals surface area contributed by atoms with Gasteiger partial charge in [-0.2, -0.15) is 10.4 Å². The van der Waals surface area contributed by atoms with E-state index in [0.717, 1.165) is 29.7 Å². The van der Waals surface area contributed by atoms with Gasteiger partial charge < -0.3 is 5.32 Å². The second kappa shape index (κ2) is 5.41. The lowest BCUT2D eigenvalue weighted by atomic mass is 10.1. The van der Waals surface area contributed by atoms with Gasteiger partial charge in [-0.25, -0.2) is 4.68 Å². The van der Waals surface area contributed by atoms with E-state index in [2.05, 4.69) is 16.5 Å². The minimum atomic E-state index is -0.121. The normalized spacial score (nSPS) is 13.7. The molecule has 0 spiro atoms. The van der Waals surface area contributed by atoms with Crippen molar-refractivity contribution in [3.05, 3.63) is 57.5 Å². The van der Waals surface area contributed by atoms with E-state index in [1.807, 2.05) is 19.1 Å². The van der Waals surface area contributed by atoms with Crippen molar-refractivity contribution in [1.29, 1.82) is 5.26 Å². The number of hydrogen-bond donors (Lipinski definition) is 1. The van der Waals surface area contributed by atoms with E-state index in [1.54, 1.807) is 18.3 Å². The minimum Gasteiger partial charge on any atom is -0.381 e. The van der Waals surface area contributed by atoms with Gasteiger partial charge >= 0.3 is 0 Å². The monoisotopic (exact) mass is 280 g/mol. The van der Waals surface area contributed by atoms with E-state index in [9.17, 15) is 4.79 Å². The molecule has 5 heteroatoms. The van der Waals surface area contributed by atoms with Crippen LogP contribution in [-0.2, 0) is 6.54 Å². The van der Waals surface area contributed by atoms with Crippen LogP contribution in [0.1, 0.15) is 29.5 Å². The molecule has 0 radical (unpaired) electrons. The second-order valence-corrected chi connectivity index (χ2v) is 5.41. The van der Waals surface area contributed by atoms with Crippen LogP contribution < -0.4 is 10.9 Å². The maximum absolute atomic E-state index is 12.1. The average molecular weight is 280 g/mol. The number of benzene rings is 1. The standard InChI is InChI=1S/C16H16N4O/c1-11-6-12(8-17)2-3-13(11)10-20-16(21)7-15(9-18-20)19-14-4-5-14/h2-3,6-7,9,14,19H,4-5,10H2,1H3. The molecule has 0 unspecified atom stereocenters. The lowest BCUT2D eigenvalue weighted by molar-refractivity contribution is 0.637. The Bertz CT molecular complexity index is 769. The van der Waals surface area contributed by atoms with Crippen LogP contribution in [0.15, 0.2) is 35.3 Å². The highest BCUT2D eigenvalue weighted by Crippen LogP contribution is 2.23. The van der Waals surface area contributed by atoms with E-state index in [1.165, 1.54) is 4.68 Å². The molecule has 2 aromatic rings. The lowest BCUT2D eigenvalue weighted by Crippen LogP contribution is -2.23. The molecule has 0 atom stereocenters. The largest absolute Gasteiger partial charge is 0.381 e. The van der Waals surface area contributed by atoms with Crippen LogP contribution in [0.3, 0.4) is 0 Å². The van der Waals surface area contributed by atoms with Crippen LogP contribution in [0.2, 0.25) is 0 Å². The van der Waals surface area contributed by atoms with Crippen molar-refractivity contribution in [1.82, 2.24) is 9.78 Å². The summed E-state index contributed by atoms with van der Waals surface area (Å²) in [5.74, 6) is 0. The number of hydrogen-bond acceptors (Lipinski definition) is 4. The maximum Gasteiger partial charge on any atom is 0.269 e. The van der Waals surface area contributed by atoms with E-state index < -0.39 is 0 Å². The quantitative estimate of drug-likeness (QED) is 0.930. The SMILES string of the molecule is Cc1cc(C#N)ccc1Cn1ncc(NC2CC2)cc1=O. The summed E-state index contributed by atoms with van der Waals surface area (Å²) in [4.78, 5) is 12.1. The first-order valence-electron chi connectivity index (χ1n) is 6.99. The van der Waals surface area contributed by atoms with Crippen LogP contribution in [0.4, 0.5) is 5.69 Å². The van der Waals surface area contributed by atoms with Gasteiger partial charge in [-0.3, -0.25) is 4.79 Å². The molecule has 0 bridgehead atoms. The first-order valence-corrected chi connectivity index (χ1v) is 6.99. The van der Waals surface area contributed by atoms with Gasteiger partial charge in [0, 0.05) is 12.1 Å². The third-order valence-corrected chi connectivity index (χ3v) is 3.61. The van der Waals surface area contributed by atoms with Crippen molar-refractivity contribution in [2.75, 3.05) is 5.32 Å². The van der Waals surface area contributed by atoms with Crippen LogP contribution in [0.5, 0.6) is 0 Å². The van der Waals surface area contributed by atoms with Gasteiger partial charge in [0.2, 0.25) is 0 Å². The Morgan fingerprint density at radius 2 is 2.24 bits per heavy atom. The van der Waals surface area contributed by atoms with Gasteiger partial charge in [0.25, 0.3) is 5.56 Å². The smallest absolute Gasteiger partial charge is 0.269 e. The van der Waals surface area contributed by atoms with Crippen molar-refractivity contribution in [3.8, 4) is 6.07 Å². The molecule has 1 aromatic heterocycles. The fraction of sp³-hybridized carbons (Fsp3) is 0.312. The zero-order valence-electron chi connectivity index (χ0n) is 11.8. The second-order valence-electron chi connectivity index (χ2n) is 5.41. The molecule has 1 saturated carbocycles. The molecule has 0 aliphatic heterocycles. The third kappa shape index (κ3) is 3.11. The molecule has 21 heavy (non-hydrogen) atoms. The molecule has 1 fully saturated rings. The molecule has 1 heterocycles. The minimum absolute atomic E-state index is 0.121. The van der Waals surface area contributed by atoms with Crippen LogP contribution in [0.25, 0.3) is 0 Å². The Morgan fingerprint density at radius 3 is 2.86 bits per heavy atom. The summed E-state index contributed by atoms with van der Waals surface area (Å²) in [7, 11) is 0. The summed E-state index contributed by atoms with van der Waals surface area (Å²) in [6.07, 6.45) is 4.01. The summed E-state index contributed by atoms with van der Waals surface area (Å²) in [5.41, 5.74) is 3.27. The van der Waals surface area contributed by atoms with E-state index in [0.29, 0.717) is 18.2 Å². The maximum atomic E-state index is 12.1. The highest BCUT2D eigenvalue weighted by molar-refractivity contribution is 5.41. The molecule has 1 aliphatic carbocycles. The van der Waals surface area contributed by atoms with Crippen molar-refractivity contribution >= 4 is 5.69 Å². The third-order valence-electron chi connectivity index (χ3n) is 3.61. The topological polar surface area (TPSA) is 70.7 Å². The Hall–Kier alpha value is -2.61. The van der Waals surface area contributed by atoms with Crippen molar-refractivity contribution in [2.24, 2.45) is 0 Å². The first kappa shape index (κ1) is 13.4. The van der Waals surface area contributed by atoms with Gasteiger partial charge in [-0.15, -0.1) is 0 Å². The predicted molar refractivity (Wildman–Crippen MR) is 80.1 cm³/mol. The zero-order chi connectivity index (χ0) is 14.8. The molecule has 5 nitrogen and oxygen atoms in total. The van der Waals surface area contributed by atoms with E-state index >= 15 is 0 Å². The molecular formula is C16H16N4O. The van der Waals surface area contributed by atoms with E-state index in [-0.39, 0.29) is 5.56 Å². The lowest BCUT2D eigenvalue weighted by Gasteiger charge is -2.09. The average Bonchev–Trinajstić information content (AvgIpc) is 3.27. The fourth-order valence-electron chi connectivity index (χ4n) is 2.20. The van der Waals surface area contributed by atoms with Crippen LogP contribution in [-0.4, -0.2) is 15.8 Å². The summed E-state index contributed by atoms with van der Waals surface area (Å²) in [5, 5.41) is 16.3. The summed E-state index contributed by atoms with van der Waals surface area (Å²) >= 11 is 0. The highest BCUT2D eigenvalue weighted by atomic mass is 16.1. The van der Waals surface area contributed by atoms with Crippen molar-refractivity contribution in [2.45, 2.75) is 32.4 Å². The zero-order valence-corrected chi connectivity index (χ0v) is 11.8. The highest BCUT2D eigenvalue weighted by Gasteiger charge is 2.21. The Kier molecular flexibility index (Phi) is 3.44. The Balaban J connectivity index is 1.81. The fourth-order valence-corrected chi connectivity index (χ4v) is 2.20. The van der Waals surface area contributed by atoms with Gasteiger partial charge in [0.05, 0.1) is 30.1 Å². The van der Waals surface area contributed by atoms with Crippen molar-refractivity contribution in [3.63, 3.8) is 0 Å². The molecular weight excluding hydrogens is 264 g/mol. The molecule has 1 aliphatic rings. The number of nitrogens with one attached hydrogen (secondary N) is 1. The van der Waals surface area contributed by atoms with Gasteiger partial charge in [0.15, 0.2) is 0 Å². The predicted octanol–water partition coefficient (Wildman–Crippen LogP) is 2.05. The first-order chi connectivity index (χ1) is 10.2. The summed E-state index contributed by atoms with van der Waals surface area (Å²) in [6.45, 7) is 2.35. The summed E-state index contributed by atoms with van der Waals surface area (Å²) < 4.78 is 1.44. The summed E-state index contributed by atoms with van der Waals surface area (Å²) in [6, 6.07) is 9.66. The number of aryl methyl sites for hydroxylation is 1. The Labute approximate surface area is 122 Å². The molecule has 0 saturated heterocycles. The molecule has 1 aromatic carbocycles. The van der Waals surface area contributed by atoms with E-state index in [4.69, 9.17) is 5.26 Å². The van der Waals surface area contributed by atoms with Gasteiger partial charge in [-0.1, -0.05) is 6.07 Å².